The normalized spacial score (nSPS) is 20.8. The maximum atomic E-state index is 6.38. The topological polar surface area (TPSA) is 16.4 Å². The standard InChI is InChI=1S/C13H15ClN2/c1-9-12(14)11-4-2-3-7-16(11)13(9)10-5-6-15-8-10/h2-4,7,10,15H,5-6,8H2,1H3. The molecule has 2 nitrogen and oxygen atoms in total. The molecule has 1 aliphatic rings. The smallest absolute Gasteiger partial charge is 0.0693 e. The molecule has 0 radical (unpaired) electrons. The van der Waals surface area contributed by atoms with Gasteiger partial charge in [-0.25, -0.2) is 0 Å². The lowest BCUT2D eigenvalue weighted by Gasteiger charge is -2.10. The van der Waals surface area contributed by atoms with E-state index in [1.54, 1.807) is 0 Å². The van der Waals surface area contributed by atoms with Crippen molar-refractivity contribution in [2.75, 3.05) is 13.1 Å². The summed E-state index contributed by atoms with van der Waals surface area (Å²) in [6, 6.07) is 6.19. The van der Waals surface area contributed by atoms with Gasteiger partial charge >= 0.3 is 0 Å². The van der Waals surface area contributed by atoms with Crippen LogP contribution in [0.15, 0.2) is 24.4 Å². The fourth-order valence-electron chi connectivity index (χ4n) is 2.71. The van der Waals surface area contributed by atoms with Gasteiger partial charge in [-0.05, 0) is 37.6 Å². The van der Waals surface area contributed by atoms with Crippen LogP contribution in [0.5, 0.6) is 0 Å². The molecule has 2 aromatic rings. The molecule has 1 fully saturated rings. The molecular weight excluding hydrogens is 220 g/mol. The number of aromatic nitrogens is 1. The predicted octanol–water partition coefficient (Wildman–Crippen LogP) is 2.98. The van der Waals surface area contributed by atoms with Gasteiger partial charge < -0.3 is 9.72 Å². The molecule has 2 aromatic heterocycles. The Bertz CT molecular complexity index is 524. The molecule has 3 heterocycles. The van der Waals surface area contributed by atoms with Crippen LogP contribution in [0.25, 0.3) is 5.52 Å². The number of pyridine rings is 1. The maximum Gasteiger partial charge on any atom is 0.0693 e. The molecule has 1 N–H and O–H groups in total. The number of hydrogen-bond acceptors (Lipinski definition) is 1. The first-order chi connectivity index (χ1) is 7.79. The summed E-state index contributed by atoms with van der Waals surface area (Å²) in [6.45, 7) is 4.31. The van der Waals surface area contributed by atoms with Crippen LogP contribution < -0.4 is 5.32 Å². The minimum Gasteiger partial charge on any atom is -0.319 e. The molecule has 0 bridgehead atoms. The van der Waals surface area contributed by atoms with Gasteiger partial charge in [-0.15, -0.1) is 0 Å². The molecule has 1 atom stereocenters. The van der Waals surface area contributed by atoms with Gasteiger partial charge in [-0.1, -0.05) is 17.7 Å². The summed E-state index contributed by atoms with van der Waals surface area (Å²) in [6.07, 6.45) is 3.32. The highest BCUT2D eigenvalue weighted by molar-refractivity contribution is 6.34. The monoisotopic (exact) mass is 234 g/mol. The average Bonchev–Trinajstić information content (AvgIpc) is 2.89. The van der Waals surface area contributed by atoms with Crippen molar-refractivity contribution in [1.82, 2.24) is 9.72 Å². The molecule has 1 saturated heterocycles. The van der Waals surface area contributed by atoms with Crippen molar-refractivity contribution >= 4 is 17.1 Å². The molecular formula is C13H15ClN2. The summed E-state index contributed by atoms with van der Waals surface area (Å²) >= 11 is 6.38. The van der Waals surface area contributed by atoms with Crippen molar-refractivity contribution < 1.29 is 0 Å². The second-order valence-electron chi connectivity index (χ2n) is 4.47. The van der Waals surface area contributed by atoms with Gasteiger partial charge in [0.1, 0.15) is 0 Å². The molecule has 1 aliphatic heterocycles. The van der Waals surface area contributed by atoms with E-state index in [9.17, 15) is 0 Å². The van der Waals surface area contributed by atoms with Crippen molar-refractivity contribution in [3.63, 3.8) is 0 Å². The minimum absolute atomic E-state index is 0.599. The first-order valence-corrected chi connectivity index (χ1v) is 6.12. The number of fused-ring (bicyclic) bond motifs is 1. The zero-order chi connectivity index (χ0) is 11.1. The number of nitrogens with zero attached hydrogens (tertiary/aromatic N) is 1. The molecule has 3 heteroatoms. The van der Waals surface area contributed by atoms with Gasteiger partial charge in [-0.2, -0.15) is 0 Å². The average molecular weight is 235 g/mol. The Kier molecular flexibility index (Phi) is 2.41. The molecule has 3 rings (SSSR count). The van der Waals surface area contributed by atoms with E-state index in [-0.39, 0.29) is 0 Å². The van der Waals surface area contributed by atoms with Gasteiger partial charge in [0, 0.05) is 24.4 Å². The van der Waals surface area contributed by atoms with Gasteiger partial charge in [0.05, 0.1) is 10.5 Å². The van der Waals surface area contributed by atoms with Crippen LogP contribution in [0.4, 0.5) is 0 Å². The molecule has 0 spiro atoms. The third-order valence-corrected chi connectivity index (χ3v) is 3.98. The second kappa shape index (κ2) is 3.79. The second-order valence-corrected chi connectivity index (χ2v) is 4.85. The van der Waals surface area contributed by atoms with E-state index in [1.807, 2.05) is 6.07 Å². The summed E-state index contributed by atoms with van der Waals surface area (Å²) < 4.78 is 2.25. The molecule has 0 amide bonds. The summed E-state index contributed by atoms with van der Waals surface area (Å²) in [5.41, 5.74) is 3.75. The molecule has 0 saturated carbocycles. The maximum absolute atomic E-state index is 6.38. The third-order valence-electron chi connectivity index (χ3n) is 3.50. The van der Waals surface area contributed by atoms with E-state index >= 15 is 0 Å². The fraction of sp³-hybridized carbons (Fsp3) is 0.385. The lowest BCUT2D eigenvalue weighted by Crippen LogP contribution is -2.10. The van der Waals surface area contributed by atoms with Crippen LogP contribution in [0, 0.1) is 6.92 Å². The van der Waals surface area contributed by atoms with Crippen LogP contribution in [-0.2, 0) is 0 Å². The van der Waals surface area contributed by atoms with E-state index in [2.05, 4.69) is 35.0 Å². The molecule has 16 heavy (non-hydrogen) atoms. The summed E-state index contributed by atoms with van der Waals surface area (Å²) in [5.74, 6) is 0.599. The van der Waals surface area contributed by atoms with Crippen molar-refractivity contribution in [3.8, 4) is 0 Å². The number of rotatable bonds is 1. The third kappa shape index (κ3) is 1.37. The van der Waals surface area contributed by atoms with Crippen LogP contribution in [0.3, 0.4) is 0 Å². The van der Waals surface area contributed by atoms with Gasteiger partial charge in [-0.3, -0.25) is 0 Å². The highest BCUT2D eigenvalue weighted by atomic mass is 35.5. The SMILES string of the molecule is Cc1c(Cl)c2ccccn2c1C1CCNC1. The van der Waals surface area contributed by atoms with Crippen LogP contribution in [0.1, 0.15) is 23.6 Å². The van der Waals surface area contributed by atoms with Gasteiger partial charge in [0.2, 0.25) is 0 Å². The Hall–Kier alpha value is -0.990. The van der Waals surface area contributed by atoms with E-state index in [4.69, 9.17) is 11.6 Å². The first kappa shape index (κ1) is 10.2. The molecule has 0 aromatic carbocycles. The number of nitrogens with one attached hydrogen (secondary N) is 1. The van der Waals surface area contributed by atoms with Gasteiger partial charge in [0.15, 0.2) is 0 Å². The number of hydrogen-bond donors (Lipinski definition) is 1. The molecule has 84 valence electrons. The molecule has 0 aliphatic carbocycles. The largest absolute Gasteiger partial charge is 0.319 e. The Balaban J connectivity index is 2.26. The van der Waals surface area contributed by atoms with Crippen LogP contribution in [-0.4, -0.2) is 17.5 Å². The predicted molar refractivity (Wildman–Crippen MR) is 67.4 cm³/mol. The lowest BCUT2D eigenvalue weighted by atomic mass is 10.0. The van der Waals surface area contributed by atoms with E-state index in [1.165, 1.54) is 17.7 Å². The first-order valence-electron chi connectivity index (χ1n) is 5.75. The van der Waals surface area contributed by atoms with Crippen LogP contribution in [0.2, 0.25) is 5.02 Å². The Morgan fingerprint density at radius 1 is 1.44 bits per heavy atom. The summed E-state index contributed by atoms with van der Waals surface area (Å²) in [7, 11) is 0. The lowest BCUT2D eigenvalue weighted by molar-refractivity contribution is 0.721. The Morgan fingerprint density at radius 2 is 2.31 bits per heavy atom. The van der Waals surface area contributed by atoms with Crippen molar-refractivity contribution in [2.24, 2.45) is 0 Å². The van der Waals surface area contributed by atoms with E-state index in [0.717, 1.165) is 23.6 Å². The summed E-state index contributed by atoms with van der Waals surface area (Å²) in [5, 5.41) is 4.32. The highest BCUT2D eigenvalue weighted by Gasteiger charge is 2.23. The quantitative estimate of drug-likeness (QED) is 0.803. The van der Waals surface area contributed by atoms with Crippen molar-refractivity contribution in [1.29, 1.82) is 0 Å². The zero-order valence-electron chi connectivity index (χ0n) is 9.33. The van der Waals surface area contributed by atoms with Crippen molar-refractivity contribution in [3.05, 3.63) is 40.7 Å². The van der Waals surface area contributed by atoms with Crippen molar-refractivity contribution in [2.45, 2.75) is 19.3 Å². The fourth-order valence-corrected chi connectivity index (χ4v) is 2.96. The number of halogens is 1. The Labute approximate surface area is 100 Å². The summed E-state index contributed by atoms with van der Waals surface area (Å²) in [4.78, 5) is 0. The van der Waals surface area contributed by atoms with E-state index < -0.39 is 0 Å². The Morgan fingerprint density at radius 3 is 3.06 bits per heavy atom. The minimum atomic E-state index is 0.599. The van der Waals surface area contributed by atoms with Gasteiger partial charge in [0.25, 0.3) is 0 Å². The zero-order valence-corrected chi connectivity index (χ0v) is 10.1. The molecule has 1 unspecified atom stereocenters. The van der Waals surface area contributed by atoms with Crippen LogP contribution >= 0.6 is 11.6 Å². The van der Waals surface area contributed by atoms with E-state index in [0.29, 0.717) is 5.92 Å². The highest BCUT2D eigenvalue weighted by Crippen LogP contribution is 2.34.